The molecule has 0 aliphatic heterocycles. The number of halogens is 3. The summed E-state index contributed by atoms with van der Waals surface area (Å²) in [6.45, 7) is 0. The van der Waals surface area contributed by atoms with E-state index in [1.165, 1.54) is 6.07 Å². The predicted molar refractivity (Wildman–Crippen MR) is 63.5 cm³/mol. The summed E-state index contributed by atoms with van der Waals surface area (Å²) >= 11 is 0. The van der Waals surface area contributed by atoms with Crippen LogP contribution >= 0.6 is 0 Å². The normalized spacial score (nSPS) is 11.5. The first-order chi connectivity index (χ1) is 9.71. The third kappa shape index (κ3) is 4.73. The maximum Gasteiger partial charge on any atom is 0.389 e. The van der Waals surface area contributed by atoms with Crippen LogP contribution in [-0.2, 0) is 6.42 Å². The second-order valence-electron chi connectivity index (χ2n) is 4.36. The highest BCUT2D eigenvalue weighted by molar-refractivity contribution is 5.29. The summed E-state index contributed by atoms with van der Waals surface area (Å²) in [5.74, 6) is 0. The minimum Gasteiger partial charge on any atom is -0.258 e. The lowest BCUT2D eigenvalue weighted by atomic mass is 9.81. The molecule has 21 heavy (non-hydrogen) atoms. The first-order valence-electron chi connectivity index (χ1n) is 5.70. The number of alkyl halides is 3. The van der Waals surface area contributed by atoms with Crippen molar-refractivity contribution < 1.29 is 18.1 Å². The lowest BCUT2D eigenvalue weighted by Gasteiger charge is -2.18. The van der Waals surface area contributed by atoms with Crippen LogP contribution in [0.5, 0.6) is 0 Å². The fourth-order valence-corrected chi connectivity index (χ4v) is 1.60. The highest BCUT2D eigenvalue weighted by Gasteiger charge is 2.37. The molecule has 0 amide bonds. The number of pyridine rings is 1. The van der Waals surface area contributed by atoms with Crippen LogP contribution < -0.4 is 0 Å². The maximum atomic E-state index is 12.2. The molecular weight excluding hydrogens is 289 g/mol. The molecule has 0 aliphatic carbocycles. The van der Waals surface area contributed by atoms with Gasteiger partial charge in [-0.05, 0) is 12.5 Å². The van der Waals surface area contributed by atoms with Crippen molar-refractivity contribution in [2.45, 2.75) is 25.4 Å². The van der Waals surface area contributed by atoms with Gasteiger partial charge < -0.3 is 0 Å². The zero-order valence-corrected chi connectivity index (χ0v) is 10.6. The van der Waals surface area contributed by atoms with Crippen LogP contribution in [0.2, 0.25) is 0 Å². The Hall–Kier alpha value is -2.68. The van der Waals surface area contributed by atoms with Crippen molar-refractivity contribution >= 4 is 5.69 Å². The Kier molecular flexibility index (Phi) is 4.82. The monoisotopic (exact) mass is 298 g/mol. The van der Waals surface area contributed by atoms with Crippen LogP contribution in [0, 0.1) is 38.2 Å². The summed E-state index contributed by atoms with van der Waals surface area (Å²) < 4.78 is 36.7. The van der Waals surface area contributed by atoms with Crippen molar-refractivity contribution in [2.75, 3.05) is 0 Å². The predicted octanol–water partition coefficient (Wildman–Crippen LogP) is 2.91. The first-order valence-corrected chi connectivity index (χ1v) is 5.70. The van der Waals surface area contributed by atoms with Crippen molar-refractivity contribution in [3.63, 3.8) is 0 Å². The molecule has 1 rings (SSSR count). The lowest BCUT2D eigenvalue weighted by molar-refractivity contribution is -0.385. The molecule has 0 bridgehead atoms. The van der Waals surface area contributed by atoms with Crippen molar-refractivity contribution in [1.29, 1.82) is 10.5 Å². The van der Waals surface area contributed by atoms with Crippen LogP contribution in [0.15, 0.2) is 18.3 Å². The molecule has 6 nitrogen and oxygen atoms in total. The molecule has 1 aromatic rings. The summed E-state index contributed by atoms with van der Waals surface area (Å²) in [5, 5.41) is 28.5. The Morgan fingerprint density at radius 1 is 1.24 bits per heavy atom. The third-order valence-corrected chi connectivity index (χ3v) is 2.77. The average molecular weight is 298 g/mol. The Morgan fingerprint density at radius 3 is 2.24 bits per heavy atom. The lowest BCUT2D eigenvalue weighted by Crippen LogP contribution is -2.23. The van der Waals surface area contributed by atoms with Gasteiger partial charge in [-0.15, -0.1) is 0 Å². The molecule has 1 heterocycles. The van der Waals surface area contributed by atoms with Crippen LogP contribution in [0.25, 0.3) is 0 Å². The largest absolute Gasteiger partial charge is 0.389 e. The molecule has 110 valence electrons. The second-order valence-corrected chi connectivity index (χ2v) is 4.36. The van der Waals surface area contributed by atoms with E-state index in [4.69, 9.17) is 10.5 Å². The van der Waals surface area contributed by atoms with Crippen molar-refractivity contribution in [2.24, 2.45) is 5.41 Å². The molecule has 0 radical (unpaired) electrons. The molecule has 0 saturated heterocycles. The molecule has 0 saturated carbocycles. The molecule has 0 atom stereocenters. The molecule has 0 unspecified atom stereocenters. The molecular formula is C12H9F3N4O2. The highest BCUT2D eigenvalue weighted by atomic mass is 19.4. The van der Waals surface area contributed by atoms with Crippen LogP contribution in [-0.4, -0.2) is 16.1 Å². The minimum absolute atomic E-state index is 0.144. The Labute approximate surface area is 117 Å². The number of rotatable bonds is 5. The number of nitro groups is 1. The zero-order valence-electron chi connectivity index (χ0n) is 10.6. The molecule has 0 fully saturated rings. The van der Waals surface area contributed by atoms with E-state index in [1.807, 2.05) is 0 Å². The van der Waals surface area contributed by atoms with Gasteiger partial charge in [0.25, 0.3) is 5.69 Å². The van der Waals surface area contributed by atoms with Gasteiger partial charge in [0, 0.05) is 24.6 Å². The summed E-state index contributed by atoms with van der Waals surface area (Å²) in [7, 11) is 0. The fourth-order valence-electron chi connectivity index (χ4n) is 1.60. The number of hydrogen-bond acceptors (Lipinski definition) is 5. The van der Waals surface area contributed by atoms with Crippen LogP contribution in [0.4, 0.5) is 18.9 Å². The second kappa shape index (κ2) is 6.18. The Bertz CT molecular complexity index is 585. The van der Waals surface area contributed by atoms with E-state index in [0.717, 1.165) is 12.3 Å². The van der Waals surface area contributed by atoms with E-state index >= 15 is 0 Å². The number of nitriles is 2. The maximum absolute atomic E-state index is 12.2. The third-order valence-electron chi connectivity index (χ3n) is 2.77. The van der Waals surface area contributed by atoms with Gasteiger partial charge in [-0.25, -0.2) is 0 Å². The summed E-state index contributed by atoms with van der Waals surface area (Å²) in [6, 6.07) is 5.51. The van der Waals surface area contributed by atoms with Gasteiger partial charge in [-0.1, -0.05) is 0 Å². The molecule has 0 aliphatic rings. The molecule has 9 heteroatoms. The Morgan fingerprint density at radius 2 is 1.86 bits per heavy atom. The van der Waals surface area contributed by atoms with E-state index in [-0.39, 0.29) is 17.8 Å². The topological polar surface area (TPSA) is 104 Å². The number of hydrogen-bond donors (Lipinski definition) is 0. The standard InChI is InChI=1S/C12H9F3N4O2/c13-12(14,15)4-3-11(7-16,8-17)5-9-1-2-10(6-18-9)19(20)21/h1-2,6H,3-5H2. The number of aromatic nitrogens is 1. The number of nitrogens with zero attached hydrogens (tertiary/aromatic N) is 4. The molecule has 1 aromatic heterocycles. The quantitative estimate of drug-likeness (QED) is 0.614. The van der Waals surface area contributed by atoms with E-state index in [2.05, 4.69) is 4.98 Å². The van der Waals surface area contributed by atoms with Gasteiger partial charge in [-0.3, -0.25) is 15.1 Å². The van der Waals surface area contributed by atoms with Crippen LogP contribution in [0.1, 0.15) is 18.5 Å². The van der Waals surface area contributed by atoms with Gasteiger partial charge in [0.05, 0.1) is 17.1 Å². The average Bonchev–Trinajstić information content (AvgIpc) is 2.43. The smallest absolute Gasteiger partial charge is 0.258 e. The van der Waals surface area contributed by atoms with Gasteiger partial charge >= 0.3 is 6.18 Å². The molecule has 0 N–H and O–H groups in total. The molecule has 0 aromatic carbocycles. The van der Waals surface area contributed by atoms with E-state index in [9.17, 15) is 23.3 Å². The van der Waals surface area contributed by atoms with Crippen LogP contribution in [0.3, 0.4) is 0 Å². The van der Waals surface area contributed by atoms with E-state index in [1.54, 1.807) is 12.1 Å². The van der Waals surface area contributed by atoms with Crippen molar-refractivity contribution in [1.82, 2.24) is 4.98 Å². The SMILES string of the molecule is N#CC(C#N)(CCC(F)(F)F)Cc1ccc([N+](=O)[O-])cn1. The summed E-state index contributed by atoms with van der Waals surface area (Å²) in [5.41, 5.74) is -2.00. The first kappa shape index (κ1) is 16.4. The van der Waals surface area contributed by atoms with Gasteiger partial charge in [-0.2, -0.15) is 23.7 Å². The molecule has 0 spiro atoms. The van der Waals surface area contributed by atoms with Crippen molar-refractivity contribution in [3.8, 4) is 12.1 Å². The minimum atomic E-state index is -4.47. The van der Waals surface area contributed by atoms with Gasteiger partial charge in [0.15, 0.2) is 0 Å². The van der Waals surface area contributed by atoms with Gasteiger partial charge in [0.1, 0.15) is 11.6 Å². The zero-order chi connectivity index (χ0) is 16.1. The highest BCUT2D eigenvalue weighted by Crippen LogP contribution is 2.32. The fraction of sp³-hybridized carbons (Fsp3) is 0.417. The van der Waals surface area contributed by atoms with E-state index in [0.29, 0.717) is 0 Å². The summed E-state index contributed by atoms with van der Waals surface area (Å²) in [6.07, 6.45) is -5.81. The Balaban J connectivity index is 2.91. The van der Waals surface area contributed by atoms with Crippen molar-refractivity contribution in [3.05, 3.63) is 34.1 Å². The summed E-state index contributed by atoms with van der Waals surface area (Å²) in [4.78, 5) is 13.5. The van der Waals surface area contributed by atoms with Gasteiger partial charge in [0.2, 0.25) is 0 Å². The van der Waals surface area contributed by atoms with E-state index < -0.39 is 29.4 Å².